The van der Waals surface area contributed by atoms with Gasteiger partial charge in [0.15, 0.2) is 0 Å². The van der Waals surface area contributed by atoms with E-state index in [1.807, 2.05) is 67.3 Å². The van der Waals surface area contributed by atoms with Crippen molar-refractivity contribution in [1.29, 1.82) is 0 Å². The van der Waals surface area contributed by atoms with Gasteiger partial charge in [-0.15, -0.1) is 0 Å². The number of likely N-dealkylation sites (tertiary alicyclic amines) is 1. The van der Waals surface area contributed by atoms with Crippen molar-refractivity contribution in [3.8, 4) is 0 Å². The first kappa shape index (κ1) is 23.7. The topological polar surface area (TPSA) is 49.9 Å². The first-order valence-electron chi connectivity index (χ1n) is 11.4. The Hall–Kier alpha value is -1.94. The summed E-state index contributed by atoms with van der Waals surface area (Å²) in [6.45, 7) is 8.88. The lowest BCUT2D eigenvalue weighted by Gasteiger charge is -2.38. The van der Waals surface area contributed by atoms with Gasteiger partial charge in [0.1, 0.15) is 0 Å². The van der Waals surface area contributed by atoms with Gasteiger partial charge in [0.05, 0.1) is 6.61 Å². The first-order valence-corrected chi connectivity index (χ1v) is 13.4. The third kappa shape index (κ3) is 6.29. The number of amides is 1. The zero-order valence-electron chi connectivity index (χ0n) is 19.0. The highest BCUT2D eigenvalue weighted by Crippen LogP contribution is 2.41. The Kier molecular flexibility index (Phi) is 8.48. The highest BCUT2D eigenvalue weighted by molar-refractivity contribution is 7.66. The number of carbonyl (C=O) groups is 1. The third-order valence-electron chi connectivity index (χ3n) is 6.00. The minimum atomic E-state index is -2.74. The molecule has 0 saturated carbocycles. The van der Waals surface area contributed by atoms with Gasteiger partial charge < -0.3 is 14.3 Å². The van der Waals surface area contributed by atoms with Crippen molar-refractivity contribution < 1.29 is 13.9 Å². The second-order valence-corrected chi connectivity index (χ2v) is 10.7. The van der Waals surface area contributed by atoms with E-state index in [-0.39, 0.29) is 11.9 Å². The van der Waals surface area contributed by atoms with Gasteiger partial charge in [-0.25, -0.2) is 0 Å². The Labute approximate surface area is 186 Å². The van der Waals surface area contributed by atoms with Crippen molar-refractivity contribution in [2.75, 3.05) is 37.8 Å². The van der Waals surface area contributed by atoms with E-state index >= 15 is 0 Å². The quantitative estimate of drug-likeness (QED) is 0.528. The highest BCUT2D eigenvalue weighted by atomic mass is 31.2. The van der Waals surface area contributed by atoms with Crippen molar-refractivity contribution in [2.45, 2.75) is 45.6 Å². The largest absolute Gasteiger partial charge is 0.326 e. The van der Waals surface area contributed by atoms with E-state index in [0.717, 1.165) is 49.9 Å². The fraction of sp³-hybridized carbons (Fsp3) is 0.480. The van der Waals surface area contributed by atoms with Crippen molar-refractivity contribution in [1.82, 2.24) is 4.90 Å². The number of benzene rings is 2. The maximum atomic E-state index is 12.7. The molecular formula is C25H35N2O3P. The number of carbonyl (C=O) groups excluding carboxylic acids is 1. The highest BCUT2D eigenvalue weighted by Gasteiger charge is 2.28. The maximum Gasteiger partial charge on any atom is 0.229 e. The molecule has 2 aromatic carbocycles. The van der Waals surface area contributed by atoms with Crippen LogP contribution in [-0.4, -0.2) is 49.8 Å². The second-order valence-electron chi connectivity index (χ2n) is 8.21. The molecule has 168 valence electrons. The predicted molar refractivity (Wildman–Crippen MR) is 129 cm³/mol. The molecule has 1 unspecified atom stereocenters. The molecule has 1 atom stereocenters. The first-order chi connectivity index (χ1) is 14.9. The molecule has 1 amide bonds. The summed E-state index contributed by atoms with van der Waals surface area (Å²) < 4.78 is 18.2. The molecule has 1 heterocycles. The van der Waals surface area contributed by atoms with Crippen LogP contribution in [-0.2, 0) is 20.3 Å². The summed E-state index contributed by atoms with van der Waals surface area (Å²) in [5, 5.41) is 0.794. The summed E-state index contributed by atoms with van der Waals surface area (Å²) in [6, 6.07) is 18.3. The van der Waals surface area contributed by atoms with E-state index in [9.17, 15) is 9.36 Å². The van der Waals surface area contributed by atoms with E-state index in [1.54, 1.807) is 6.66 Å². The standard InChI is InChI=1S/C25H35N2O3P/c1-4-25(28)27(22-11-7-6-8-12-22)23-15-18-26(19-16-23)17-14-21-10-9-13-24(20-21)31(3,29)30-5-2/h6-13,20,23H,4-5,14-19H2,1-3H3. The zero-order valence-corrected chi connectivity index (χ0v) is 19.9. The number of para-hydroxylation sites is 1. The maximum absolute atomic E-state index is 12.7. The molecule has 6 heteroatoms. The van der Waals surface area contributed by atoms with Crippen LogP contribution < -0.4 is 10.2 Å². The average molecular weight is 443 g/mol. The molecule has 1 fully saturated rings. The molecule has 0 aliphatic carbocycles. The smallest absolute Gasteiger partial charge is 0.229 e. The number of nitrogens with zero attached hydrogens (tertiary/aromatic N) is 2. The van der Waals surface area contributed by atoms with Crippen LogP contribution in [0.3, 0.4) is 0 Å². The van der Waals surface area contributed by atoms with Crippen LogP contribution in [0, 0.1) is 0 Å². The van der Waals surface area contributed by atoms with Gasteiger partial charge >= 0.3 is 0 Å². The van der Waals surface area contributed by atoms with Gasteiger partial charge in [-0.05, 0) is 56.0 Å². The predicted octanol–water partition coefficient (Wildman–Crippen LogP) is 4.71. The van der Waals surface area contributed by atoms with E-state index in [1.165, 1.54) is 5.56 Å². The molecular weight excluding hydrogens is 407 g/mol. The van der Waals surface area contributed by atoms with Crippen molar-refractivity contribution in [3.63, 3.8) is 0 Å². The van der Waals surface area contributed by atoms with Crippen LogP contribution in [0.5, 0.6) is 0 Å². The second kappa shape index (κ2) is 11.1. The van der Waals surface area contributed by atoms with Crippen molar-refractivity contribution >= 4 is 24.3 Å². The molecule has 2 aromatic rings. The van der Waals surface area contributed by atoms with Gasteiger partial charge in [0.2, 0.25) is 13.3 Å². The van der Waals surface area contributed by atoms with Crippen LogP contribution >= 0.6 is 7.37 Å². The van der Waals surface area contributed by atoms with E-state index in [0.29, 0.717) is 13.0 Å². The Balaban J connectivity index is 1.57. The Bertz CT molecular complexity index is 895. The molecule has 1 aliphatic heterocycles. The summed E-state index contributed by atoms with van der Waals surface area (Å²) >= 11 is 0. The van der Waals surface area contributed by atoms with E-state index in [2.05, 4.69) is 11.0 Å². The Morgan fingerprint density at radius 1 is 1.10 bits per heavy atom. The normalized spacial score (nSPS) is 17.3. The SMILES string of the molecule is CCOP(C)(=O)c1cccc(CCN2CCC(N(C(=O)CC)c3ccccc3)CC2)c1. The van der Waals surface area contributed by atoms with Crippen LogP contribution in [0.2, 0.25) is 0 Å². The van der Waals surface area contributed by atoms with Gasteiger partial charge in [0, 0.05) is 49.8 Å². The van der Waals surface area contributed by atoms with Gasteiger partial charge in [-0.2, -0.15) is 0 Å². The van der Waals surface area contributed by atoms with E-state index in [4.69, 9.17) is 4.52 Å². The summed E-state index contributed by atoms with van der Waals surface area (Å²) in [7, 11) is -2.74. The number of anilines is 1. The molecule has 3 rings (SSSR count). The molecule has 5 nitrogen and oxygen atoms in total. The number of hydrogen-bond acceptors (Lipinski definition) is 4. The minimum Gasteiger partial charge on any atom is -0.326 e. The summed E-state index contributed by atoms with van der Waals surface area (Å²) in [5.74, 6) is 0.194. The van der Waals surface area contributed by atoms with Gasteiger partial charge in [0.25, 0.3) is 0 Å². The fourth-order valence-electron chi connectivity index (χ4n) is 4.29. The van der Waals surface area contributed by atoms with Crippen LogP contribution in [0.1, 0.15) is 38.7 Å². The number of hydrogen-bond donors (Lipinski definition) is 0. The molecule has 1 saturated heterocycles. The lowest BCUT2D eigenvalue weighted by molar-refractivity contribution is -0.119. The summed E-state index contributed by atoms with van der Waals surface area (Å²) in [6.07, 6.45) is 3.40. The summed E-state index contributed by atoms with van der Waals surface area (Å²) in [5.41, 5.74) is 2.19. The lowest BCUT2D eigenvalue weighted by atomic mass is 10.0. The molecule has 0 aromatic heterocycles. The monoisotopic (exact) mass is 442 g/mol. The number of piperidine rings is 1. The van der Waals surface area contributed by atoms with Gasteiger partial charge in [-0.3, -0.25) is 9.36 Å². The van der Waals surface area contributed by atoms with Crippen LogP contribution in [0.15, 0.2) is 54.6 Å². The molecule has 0 bridgehead atoms. The summed E-state index contributed by atoms with van der Waals surface area (Å²) in [4.78, 5) is 17.1. The van der Waals surface area contributed by atoms with Crippen molar-refractivity contribution in [2.24, 2.45) is 0 Å². The zero-order chi connectivity index (χ0) is 22.3. The fourth-order valence-corrected chi connectivity index (χ4v) is 5.69. The molecule has 1 aliphatic rings. The van der Waals surface area contributed by atoms with Gasteiger partial charge in [-0.1, -0.05) is 37.3 Å². The molecule has 31 heavy (non-hydrogen) atoms. The van der Waals surface area contributed by atoms with Crippen LogP contribution in [0.25, 0.3) is 0 Å². The Morgan fingerprint density at radius 3 is 2.45 bits per heavy atom. The van der Waals surface area contributed by atoms with Crippen molar-refractivity contribution in [3.05, 3.63) is 60.2 Å². The molecule has 0 spiro atoms. The lowest BCUT2D eigenvalue weighted by Crippen LogP contribution is -2.47. The minimum absolute atomic E-state index is 0.194. The average Bonchev–Trinajstić information content (AvgIpc) is 2.79. The third-order valence-corrected chi connectivity index (χ3v) is 7.97. The van der Waals surface area contributed by atoms with Crippen LogP contribution in [0.4, 0.5) is 5.69 Å². The van der Waals surface area contributed by atoms with E-state index < -0.39 is 7.37 Å². The Morgan fingerprint density at radius 2 is 1.81 bits per heavy atom. The number of rotatable bonds is 9. The molecule has 0 radical (unpaired) electrons. The molecule has 0 N–H and O–H groups in total.